The van der Waals surface area contributed by atoms with Crippen molar-refractivity contribution in [2.45, 2.75) is 37.3 Å². The van der Waals surface area contributed by atoms with Crippen LogP contribution in [0.3, 0.4) is 0 Å². The fourth-order valence-electron chi connectivity index (χ4n) is 1.92. The molecule has 2 saturated carbocycles. The van der Waals surface area contributed by atoms with E-state index in [9.17, 15) is 0 Å². The number of rotatable bonds is 5. The molecule has 0 aliphatic heterocycles. The quantitative estimate of drug-likeness (QED) is 0.721. The first-order valence-corrected chi connectivity index (χ1v) is 8.53. The highest BCUT2D eigenvalue weighted by atomic mass is 79.9. The van der Waals surface area contributed by atoms with Crippen LogP contribution in [0.15, 0.2) is 25.6 Å². The monoisotopic (exact) mass is 437 g/mol. The van der Waals surface area contributed by atoms with E-state index in [1.807, 2.05) is 12.1 Å². The second kappa shape index (κ2) is 5.08. The maximum absolute atomic E-state index is 6.23. The number of halogens is 3. The molecule has 98 valence electrons. The Hall–Kier alpha value is 0.420. The molecule has 0 saturated heterocycles. The van der Waals surface area contributed by atoms with E-state index in [-0.39, 0.29) is 5.60 Å². The number of benzene rings is 1. The van der Waals surface area contributed by atoms with Gasteiger partial charge in [0.2, 0.25) is 0 Å². The highest BCUT2D eigenvalue weighted by Crippen LogP contribution is 2.45. The van der Waals surface area contributed by atoms with Crippen LogP contribution in [0.1, 0.15) is 25.7 Å². The first-order valence-electron chi connectivity index (χ1n) is 6.15. The van der Waals surface area contributed by atoms with Crippen molar-refractivity contribution in [3.05, 3.63) is 25.6 Å². The van der Waals surface area contributed by atoms with Gasteiger partial charge in [-0.15, -0.1) is 0 Å². The topological polar surface area (TPSA) is 21.3 Å². The lowest BCUT2D eigenvalue weighted by molar-refractivity contribution is 0.172. The van der Waals surface area contributed by atoms with E-state index in [4.69, 9.17) is 4.74 Å². The van der Waals surface area contributed by atoms with E-state index in [0.29, 0.717) is 0 Å². The molecule has 5 heteroatoms. The molecule has 0 atom stereocenters. The third-order valence-corrected chi connectivity index (χ3v) is 5.02. The minimum absolute atomic E-state index is 0.0153. The summed E-state index contributed by atoms with van der Waals surface area (Å²) in [6.45, 7) is 0.965. The average molecular weight is 440 g/mol. The fourth-order valence-corrected chi connectivity index (χ4v) is 4.34. The van der Waals surface area contributed by atoms with E-state index < -0.39 is 0 Å². The van der Waals surface area contributed by atoms with Gasteiger partial charge in [0.25, 0.3) is 0 Å². The molecule has 0 radical (unpaired) electrons. The molecule has 2 nitrogen and oxygen atoms in total. The van der Waals surface area contributed by atoms with Crippen LogP contribution in [0.4, 0.5) is 0 Å². The summed E-state index contributed by atoms with van der Waals surface area (Å²) in [4.78, 5) is 0. The summed E-state index contributed by atoms with van der Waals surface area (Å²) in [5.74, 6) is 0.910. The zero-order valence-electron chi connectivity index (χ0n) is 9.81. The Morgan fingerprint density at radius 2 is 1.78 bits per heavy atom. The standard InChI is InChI=1S/C13H14Br3NO/c14-8-5-10(15)12(11(16)6-8)18-13(3-4-13)7-17-9-1-2-9/h5-6,9,17H,1-4,7H2. The van der Waals surface area contributed by atoms with E-state index in [2.05, 4.69) is 53.1 Å². The van der Waals surface area contributed by atoms with E-state index >= 15 is 0 Å². The molecule has 0 amide bonds. The van der Waals surface area contributed by atoms with Crippen LogP contribution >= 0.6 is 47.8 Å². The lowest BCUT2D eigenvalue weighted by atomic mass is 10.3. The fraction of sp³-hybridized carbons (Fsp3) is 0.538. The van der Waals surface area contributed by atoms with Crippen LogP contribution in [0.25, 0.3) is 0 Å². The van der Waals surface area contributed by atoms with Gasteiger partial charge in [0.05, 0.1) is 8.95 Å². The van der Waals surface area contributed by atoms with Crippen molar-refractivity contribution in [3.8, 4) is 5.75 Å². The summed E-state index contributed by atoms with van der Waals surface area (Å²) < 4.78 is 9.24. The van der Waals surface area contributed by atoms with Gasteiger partial charge >= 0.3 is 0 Å². The Morgan fingerprint density at radius 1 is 1.17 bits per heavy atom. The molecule has 2 fully saturated rings. The molecule has 0 aromatic heterocycles. The number of nitrogens with one attached hydrogen (secondary N) is 1. The van der Waals surface area contributed by atoms with Gasteiger partial charge in [0.1, 0.15) is 11.4 Å². The summed E-state index contributed by atoms with van der Waals surface area (Å²) >= 11 is 10.6. The van der Waals surface area contributed by atoms with Gasteiger partial charge in [-0.05, 0) is 69.7 Å². The van der Waals surface area contributed by atoms with Crippen molar-refractivity contribution < 1.29 is 4.74 Å². The molecule has 18 heavy (non-hydrogen) atoms. The molecule has 0 heterocycles. The van der Waals surface area contributed by atoms with Crippen LogP contribution in [-0.4, -0.2) is 18.2 Å². The zero-order chi connectivity index (χ0) is 12.8. The molecular formula is C13H14Br3NO. The van der Waals surface area contributed by atoms with Crippen molar-refractivity contribution in [1.82, 2.24) is 5.32 Å². The van der Waals surface area contributed by atoms with Crippen molar-refractivity contribution in [1.29, 1.82) is 0 Å². The maximum atomic E-state index is 6.23. The summed E-state index contributed by atoms with van der Waals surface area (Å²) in [6.07, 6.45) is 4.92. The van der Waals surface area contributed by atoms with Gasteiger partial charge in [-0.2, -0.15) is 0 Å². The van der Waals surface area contributed by atoms with Gasteiger partial charge in [-0.25, -0.2) is 0 Å². The van der Waals surface area contributed by atoms with Crippen molar-refractivity contribution in [3.63, 3.8) is 0 Å². The van der Waals surface area contributed by atoms with E-state index in [1.54, 1.807) is 0 Å². The Kier molecular flexibility index (Phi) is 3.78. The Morgan fingerprint density at radius 3 is 2.28 bits per heavy atom. The van der Waals surface area contributed by atoms with Crippen LogP contribution in [0, 0.1) is 0 Å². The number of hydrogen-bond donors (Lipinski definition) is 1. The summed E-state index contributed by atoms with van der Waals surface area (Å²) in [7, 11) is 0. The largest absolute Gasteiger partial charge is 0.484 e. The molecule has 1 aromatic rings. The van der Waals surface area contributed by atoms with Crippen LogP contribution in [-0.2, 0) is 0 Å². The summed E-state index contributed by atoms with van der Waals surface area (Å²) in [5, 5.41) is 3.57. The molecule has 3 rings (SSSR count). The molecule has 0 spiro atoms. The van der Waals surface area contributed by atoms with Gasteiger partial charge in [0, 0.05) is 17.1 Å². The highest BCUT2D eigenvalue weighted by Gasteiger charge is 2.46. The van der Waals surface area contributed by atoms with Gasteiger partial charge in [-0.1, -0.05) is 15.9 Å². The predicted molar refractivity (Wildman–Crippen MR) is 83.2 cm³/mol. The molecule has 1 N–H and O–H groups in total. The first kappa shape index (κ1) is 13.4. The molecule has 2 aliphatic rings. The predicted octanol–water partition coefficient (Wildman–Crippen LogP) is 4.64. The second-order valence-corrected chi connectivity index (χ2v) is 7.76. The lowest BCUT2D eigenvalue weighted by Crippen LogP contribution is -2.34. The number of hydrogen-bond acceptors (Lipinski definition) is 2. The van der Waals surface area contributed by atoms with Crippen molar-refractivity contribution in [2.24, 2.45) is 0 Å². The third kappa shape index (κ3) is 3.11. The Balaban J connectivity index is 1.71. The van der Waals surface area contributed by atoms with Crippen LogP contribution in [0.2, 0.25) is 0 Å². The summed E-state index contributed by atoms with van der Waals surface area (Å²) in [5.41, 5.74) is 0.0153. The third-order valence-electron chi connectivity index (χ3n) is 3.38. The smallest absolute Gasteiger partial charge is 0.148 e. The number of ether oxygens (including phenoxy) is 1. The molecular weight excluding hydrogens is 426 g/mol. The van der Waals surface area contributed by atoms with Gasteiger partial charge in [0.15, 0.2) is 0 Å². The van der Waals surface area contributed by atoms with E-state index in [0.717, 1.165) is 44.6 Å². The van der Waals surface area contributed by atoms with Crippen LogP contribution < -0.4 is 10.1 Å². The normalized spacial score (nSPS) is 20.8. The van der Waals surface area contributed by atoms with Crippen LogP contribution in [0.5, 0.6) is 5.75 Å². The van der Waals surface area contributed by atoms with E-state index in [1.165, 1.54) is 12.8 Å². The Labute approximate surface area is 132 Å². The maximum Gasteiger partial charge on any atom is 0.148 e. The van der Waals surface area contributed by atoms with Gasteiger partial charge < -0.3 is 10.1 Å². The molecule has 1 aromatic carbocycles. The minimum atomic E-state index is 0.0153. The Bertz CT molecular complexity index is 446. The second-order valence-electron chi connectivity index (χ2n) is 5.14. The summed E-state index contributed by atoms with van der Waals surface area (Å²) in [6, 6.07) is 4.78. The lowest BCUT2D eigenvalue weighted by Gasteiger charge is -2.21. The first-order chi connectivity index (χ1) is 8.58. The zero-order valence-corrected chi connectivity index (χ0v) is 14.6. The molecule has 2 aliphatic carbocycles. The molecule has 0 unspecified atom stereocenters. The highest BCUT2D eigenvalue weighted by molar-refractivity contribution is 9.11. The average Bonchev–Trinajstić information content (AvgIpc) is 3.17. The van der Waals surface area contributed by atoms with Gasteiger partial charge in [-0.3, -0.25) is 0 Å². The minimum Gasteiger partial charge on any atom is -0.484 e. The van der Waals surface area contributed by atoms with Crippen molar-refractivity contribution in [2.75, 3.05) is 6.54 Å². The SMILES string of the molecule is Brc1cc(Br)c(OC2(CNC3CC3)CC2)c(Br)c1. The molecule has 0 bridgehead atoms. The van der Waals surface area contributed by atoms with Crippen molar-refractivity contribution >= 4 is 47.8 Å².